The molecule has 2 aliphatic heterocycles. The smallest absolute Gasteiger partial charge is 0.322 e. The van der Waals surface area contributed by atoms with E-state index in [-0.39, 0.29) is 5.91 Å². The standard InChI is InChI=1S/C16H16N4O4/c1-24-12-7-8-13(20-9-3-2-4-14(20)21)17-10(12)5-6-11-15(22)19-16(23)18-11/h7-8,11H,2-4,9H2,1H3,(H2,18,19,22,23). The van der Waals surface area contributed by atoms with Crippen LogP contribution in [-0.2, 0) is 9.59 Å². The first-order chi connectivity index (χ1) is 11.6. The molecule has 4 amide bonds. The third-order valence-corrected chi connectivity index (χ3v) is 3.77. The Labute approximate surface area is 138 Å². The molecule has 124 valence electrons. The summed E-state index contributed by atoms with van der Waals surface area (Å²) in [5, 5.41) is 4.49. The molecule has 8 heteroatoms. The van der Waals surface area contributed by atoms with Gasteiger partial charge in [0.25, 0.3) is 5.91 Å². The number of aromatic nitrogens is 1. The number of hydrogen-bond donors (Lipinski definition) is 2. The summed E-state index contributed by atoms with van der Waals surface area (Å²) >= 11 is 0. The second kappa shape index (κ2) is 6.58. The zero-order chi connectivity index (χ0) is 17.1. The molecule has 1 atom stereocenters. The molecule has 0 radical (unpaired) electrons. The summed E-state index contributed by atoms with van der Waals surface area (Å²) in [7, 11) is 1.48. The molecular weight excluding hydrogens is 312 g/mol. The average Bonchev–Trinajstić information content (AvgIpc) is 2.90. The normalized spacial score (nSPS) is 20.1. The molecule has 2 aliphatic rings. The van der Waals surface area contributed by atoms with Crippen LogP contribution < -0.4 is 20.3 Å². The first kappa shape index (κ1) is 15.8. The van der Waals surface area contributed by atoms with E-state index < -0.39 is 18.0 Å². The molecule has 0 spiro atoms. The number of nitrogens with zero attached hydrogens (tertiary/aromatic N) is 2. The van der Waals surface area contributed by atoms with E-state index in [9.17, 15) is 14.4 Å². The third kappa shape index (κ3) is 3.15. The fraction of sp³-hybridized carbons (Fsp3) is 0.375. The Bertz CT molecular complexity index is 765. The maximum Gasteiger partial charge on any atom is 0.322 e. The summed E-state index contributed by atoms with van der Waals surface area (Å²) < 4.78 is 5.22. The van der Waals surface area contributed by atoms with Gasteiger partial charge < -0.3 is 10.1 Å². The largest absolute Gasteiger partial charge is 0.494 e. The minimum atomic E-state index is -0.927. The molecule has 2 saturated heterocycles. The summed E-state index contributed by atoms with van der Waals surface area (Å²) in [6.07, 6.45) is 2.31. The summed E-state index contributed by atoms with van der Waals surface area (Å²) in [6, 6.07) is 1.88. The summed E-state index contributed by atoms with van der Waals surface area (Å²) in [5.74, 6) is 5.86. The van der Waals surface area contributed by atoms with Gasteiger partial charge in [-0.2, -0.15) is 0 Å². The number of anilines is 1. The van der Waals surface area contributed by atoms with Gasteiger partial charge in [0.15, 0.2) is 17.5 Å². The molecule has 2 fully saturated rings. The SMILES string of the molecule is COc1ccc(N2CCCCC2=O)nc1C#CC1NC(=O)NC1=O. The van der Waals surface area contributed by atoms with Gasteiger partial charge >= 0.3 is 6.03 Å². The van der Waals surface area contributed by atoms with Crippen molar-refractivity contribution in [3.63, 3.8) is 0 Å². The summed E-state index contributed by atoms with van der Waals surface area (Å²) in [5.41, 5.74) is 0.308. The lowest BCUT2D eigenvalue weighted by molar-refractivity contribution is -0.120. The molecule has 3 rings (SSSR count). The van der Waals surface area contributed by atoms with Crippen molar-refractivity contribution in [2.24, 2.45) is 0 Å². The first-order valence-electron chi connectivity index (χ1n) is 7.57. The van der Waals surface area contributed by atoms with E-state index >= 15 is 0 Å². The maximum absolute atomic E-state index is 12.0. The highest BCUT2D eigenvalue weighted by molar-refractivity contribution is 6.05. The van der Waals surface area contributed by atoms with E-state index in [0.29, 0.717) is 30.2 Å². The highest BCUT2D eigenvalue weighted by atomic mass is 16.5. The highest BCUT2D eigenvalue weighted by Gasteiger charge is 2.27. The number of nitrogens with one attached hydrogen (secondary N) is 2. The number of piperidine rings is 1. The van der Waals surface area contributed by atoms with Crippen molar-refractivity contribution in [1.29, 1.82) is 0 Å². The maximum atomic E-state index is 12.0. The molecule has 24 heavy (non-hydrogen) atoms. The summed E-state index contributed by atoms with van der Waals surface area (Å²) in [6.45, 7) is 0.617. The number of hydrogen-bond acceptors (Lipinski definition) is 5. The minimum Gasteiger partial charge on any atom is -0.494 e. The number of pyridine rings is 1. The van der Waals surface area contributed by atoms with Gasteiger partial charge in [-0.1, -0.05) is 5.92 Å². The molecule has 0 saturated carbocycles. The van der Waals surface area contributed by atoms with Crippen molar-refractivity contribution in [1.82, 2.24) is 15.6 Å². The Hall–Kier alpha value is -3.08. The fourth-order valence-electron chi connectivity index (χ4n) is 2.55. The van der Waals surface area contributed by atoms with Crippen molar-refractivity contribution in [3.8, 4) is 17.6 Å². The molecule has 3 heterocycles. The van der Waals surface area contributed by atoms with Crippen molar-refractivity contribution in [2.75, 3.05) is 18.6 Å². The Balaban J connectivity index is 1.89. The van der Waals surface area contributed by atoms with Gasteiger partial charge in [0.1, 0.15) is 5.82 Å². The fourth-order valence-corrected chi connectivity index (χ4v) is 2.55. The topological polar surface area (TPSA) is 101 Å². The van der Waals surface area contributed by atoms with Crippen LogP contribution in [0.2, 0.25) is 0 Å². The number of methoxy groups -OCH3 is 1. The van der Waals surface area contributed by atoms with Crippen LogP contribution in [0, 0.1) is 11.8 Å². The van der Waals surface area contributed by atoms with E-state index in [4.69, 9.17) is 4.74 Å². The molecule has 1 unspecified atom stereocenters. The molecule has 1 aromatic rings. The lowest BCUT2D eigenvalue weighted by Crippen LogP contribution is -2.35. The number of rotatable bonds is 2. The first-order valence-corrected chi connectivity index (χ1v) is 7.57. The van der Waals surface area contributed by atoms with Crippen molar-refractivity contribution in [2.45, 2.75) is 25.3 Å². The van der Waals surface area contributed by atoms with E-state index in [1.54, 1.807) is 17.0 Å². The Morgan fingerprint density at radius 2 is 2.12 bits per heavy atom. The van der Waals surface area contributed by atoms with Gasteiger partial charge in [-0.15, -0.1) is 0 Å². The van der Waals surface area contributed by atoms with Crippen LogP contribution >= 0.6 is 0 Å². The number of carbonyl (C=O) groups is 3. The van der Waals surface area contributed by atoms with Gasteiger partial charge in [0, 0.05) is 13.0 Å². The van der Waals surface area contributed by atoms with E-state index in [1.807, 2.05) is 0 Å². The van der Waals surface area contributed by atoms with Crippen molar-refractivity contribution < 1.29 is 19.1 Å². The third-order valence-electron chi connectivity index (χ3n) is 3.77. The Kier molecular flexibility index (Phi) is 4.33. The molecule has 0 bridgehead atoms. The van der Waals surface area contributed by atoms with Crippen LogP contribution in [-0.4, -0.2) is 42.5 Å². The molecule has 0 aliphatic carbocycles. The zero-order valence-electron chi connectivity index (χ0n) is 13.1. The predicted octanol–water partition coefficient (Wildman–Crippen LogP) is 0.167. The van der Waals surface area contributed by atoms with Crippen molar-refractivity contribution >= 4 is 23.7 Å². The van der Waals surface area contributed by atoms with Crippen LogP contribution in [0.15, 0.2) is 12.1 Å². The van der Waals surface area contributed by atoms with Gasteiger partial charge in [0.05, 0.1) is 7.11 Å². The van der Waals surface area contributed by atoms with Gasteiger partial charge in [0.2, 0.25) is 5.91 Å². The van der Waals surface area contributed by atoms with Crippen LogP contribution in [0.25, 0.3) is 0 Å². The number of ether oxygens (including phenoxy) is 1. The van der Waals surface area contributed by atoms with Gasteiger partial charge in [-0.25, -0.2) is 9.78 Å². The number of carbonyl (C=O) groups excluding carboxylic acids is 3. The summed E-state index contributed by atoms with van der Waals surface area (Å²) in [4.78, 5) is 40.6. The quantitative estimate of drug-likeness (QED) is 0.595. The predicted molar refractivity (Wildman–Crippen MR) is 84.3 cm³/mol. The Morgan fingerprint density at radius 3 is 2.79 bits per heavy atom. The average molecular weight is 328 g/mol. The van der Waals surface area contributed by atoms with E-state index in [2.05, 4.69) is 27.5 Å². The molecule has 1 aromatic heterocycles. The zero-order valence-corrected chi connectivity index (χ0v) is 13.1. The van der Waals surface area contributed by atoms with Crippen molar-refractivity contribution in [3.05, 3.63) is 17.8 Å². The van der Waals surface area contributed by atoms with Crippen LogP contribution in [0.4, 0.5) is 10.6 Å². The van der Waals surface area contributed by atoms with Crippen LogP contribution in [0.3, 0.4) is 0 Å². The second-order valence-corrected chi connectivity index (χ2v) is 5.39. The lowest BCUT2D eigenvalue weighted by atomic mass is 10.1. The molecule has 2 N–H and O–H groups in total. The van der Waals surface area contributed by atoms with E-state index in [0.717, 1.165) is 12.8 Å². The molecule has 0 aromatic carbocycles. The number of amides is 4. The lowest BCUT2D eigenvalue weighted by Gasteiger charge is -2.26. The highest BCUT2D eigenvalue weighted by Crippen LogP contribution is 2.23. The van der Waals surface area contributed by atoms with Gasteiger partial charge in [-0.05, 0) is 30.9 Å². The minimum absolute atomic E-state index is 0.0280. The van der Waals surface area contributed by atoms with Gasteiger partial charge in [-0.3, -0.25) is 19.8 Å². The Morgan fingerprint density at radius 1 is 1.29 bits per heavy atom. The number of urea groups is 1. The van der Waals surface area contributed by atoms with Crippen LogP contribution in [0.1, 0.15) is 25.0 Å². The molecular formula is C16H16N4O4. The monoisotopic (exact) mass is 328 g/mol. The van der Waals surface area contributed by atoms with Crippen LogP contribution in [0.5, 0.6) is 5.75 Å². The second-order valence-electron chi connectivity index (χ2n) is 5.39. The van der Waals surface area contributed by atoms with E-state index in [1.165, 1.54) is 7.11 Å². The molecule has 8 nitrogen and oxygen atoms in total. The number of imide groups is 1.